The van der Waals surface area contributed by atoms with Gasteiger partial charge < -0.3 is 14.0 Å². The summed E-state index contributed by atoms with van der Waals surface area (Å²) >= 11 is 0. The van der Waals surface area contributed by atoms with E-state index in [2.05, 4.69) is 21.0 Å². The highest BCUT2D eigenvalue weighted by atomic mass is 16.6. The Labute approximate surface area is 153 Å². The van der Waals surface area contributed by atoms with Crippen LogP contribution in [0.15, 0.2) is 30.3 Å². The lowest BCUT2D eigenvalue weighted by atomic mass is 10.1. The Morgan fingerprint density at radius 2 is 1.56 bits per heavy atom. The number of likely N-dealkylation sites (N-methyl/N-ethyl adjacent to an activating group) is 1. The van der Waals surface area contributed by atoms with Crippen LogP contribution in [0.25, 0.3) is 0 Å². The predicted octanol–water partition coefficient (Wildman–Crippen LogP) is 4.30. The maximum absolute atomic E-state index is 11.8. The van der Waals surface area contributed by atoms with Gasteiger partial charge in [0.25, 0.3) is 0 Å². The molecule has 0 spiro atoms. The molecule has 0 N–H and O–H groups in total. The van der Waals surface area contributed by atoms with E-state index in [9.17, 15) is 4.79 Å². The number of rotatable bonds is 14. The van der Waals surface area contributed by atoms with E-state index in [1.54, 1.807) is 12.1 Å². The second-order valence-electron chi connectivity index (χ2n) is 7.27. The molecular formula is C21H36NO3+. The van der Waals surface area contributed by atoms with E-state index in [-0.39, 0.29) is 5.97 Å². The summed E-state index contributed by atoms with van der Waals surface area (Å²) in [6.45, 7) is 5.89. The Bertz CT molecular complexity index is 459. The van der Waals surface area contributed by atoms with Crippen molar-refractivity contribution in [2.45, 2.75) is 45.4 Å². The fourth-order valence-corrected chi connectivity index (χ4v) is 2.70. The predicted molar refractivity (Wildman–Crippen MR) is 103 cm³/mol. The van der Waals surface area contributed by atoms with Gasteiger partial charge in [-0.2, -0.15) is 0 Å². The minimum absolute atomic E-state index is 0.289. The molecule has 0 amide bonds. The molecule has 1 aromatic carbocycles. The molecule has 142 valence electrons. The summed E-state index contributed by atoms with van der Waals surface area (Å²) in [6.07, 6.45) is 8.01. The Kier molecular flexibility index (Phi) is 11.2. The van der Waals surface area contributed by atoms with Crippen LogP contribution in [0.2, 0.25) is 0 Å². The Morgan fingerprint density at radius 1 is 0.880 bits per heavy atom. The quantitative estimate of drug-likeness (QED) is 0.285. The van der Waals surface area contributed by atoms with Crippen LogP contribution < -0.4 is 0 Å². The van der Waals surface area contributed by atoms with Crippen molar-refractivity contribution in [2.24, 2.45) is 0 Å². The standard InChI is InChI=1S/C21H36NO3/c1-4-5-6-7-8-12-15-22(2,3)16-17-24-18-19-25-21(23)20-13-10-9-11-14-20/h9-11,13-14H,4-8,12,15-19H2,1-3H3/q+1. The van der Waals surface area contributed by atoms with Gasteiger partial charge in [-0.05, 0) is 25.0 Å². The maximum atomic E-state index is 11.8. The molecule has 1 aromatic rings. The lowest BCUT2D eigenvalue weighted by molar-refractivity contribution is -0.891. The van der Waals surface area contributed by atoms with Crippen molar-refractivity contribution in [3.63, 3.8) is 0 Å². The Balaban J connectivity index is 2.01. The lowest BCUT2D eigenvalue weighted by Gasteiger charge is -2.29. The second kappa shape index (κ2) is 12.9. The van der Waals surface area contributed by atoms with Gasteiger partial charge in [-0.3, -0.25) is 0 Å². The lowest BCUT2D eigenvalue weighted by Crippen LogP contribution is -2.43. The van der Waals surface area contributed by atoms with Crippen LogP contribution in [0.3, 0.4) is 0 Å². The minimum Gasteiger partial charge on any atom is -0.460 e. The zero-order valence-corrected chi connectivity index (χ0v) is 16.3. The van der Waals surface area contributed by atoms with Crippen LogP contribution in [0.4, 0.5) is 0 Å². The molecule has 0 atom stereocenters. The Morgan fingerprint density at radius 3 is 2.28 bits per heavy atom. The molecule has 4 heteroatoms. The van der Waals surface area contributed by atoms with Crippen LogP contribution >= 0.6 is 0 Å². The van der Waals surface area contributed by atoms with Crippen molar-refractivity contribution in [1.82, 2.24) is 0 Å². The van der Waals surface area contributed by atoms with E-state index in [0.717, 1.165) is 11.0 Å². The third kappa shape index (κ3) is 11.0. The number of benzene rings is 1. The van der Waals surface area contributed by atoms with Crippen molar-refractivity contribution < 1.29 is 18.8 Å². The van der Waals surface area contributed by atoms with E-state index in [1.165, 1.54) is 45.1 Å². The van der Waals surface area contributed by atoms with Crippen LogP contribution in [0.1, 0.15) is 55.8 Å². The first kappa shape index (κ1) is 21.7. The monoisotopic (exact) mass is 350 g/mol. The average Bonchev–Trinajstić information content (AvgIpc) is 2.61. The number of nitrogens with zero attached hydrogens (tertiary/aromatic N) is 1. The van der Waals surface area contributed by atoms with Crippen LogP contribution in [-0.2, 0) is 9.47 Å². The highest BCUT2D eigenvalue weighted by Gasteiger charge is 2.14. The first-order chi connectivity index (χ1) is 12.0. The number of esters is 1. The van der Waals surface area contributed by atoms with E-state index in [4.69, 9.17) is 9.47 Å². The fourth-order valence-electron chi connectivity index (χ4n) is 2.70. The number of hydrogen-bond acceptors (Lipinski definition) is 3. The molecule has 0 unspecified atom stereocenters. The van der Waals surface area contributed by atoms with Gasteiger partial charge in [-0.25, -0.2) is 4.79 Å². The summed E-state index contributed by atoms with van der Waals surface area (Å²) in [6, 6.07) is 9.05. The molecule has 0 aliphatic carbocycles. The summed E-state index contributed by atoms with van der Waals surface area (Å²) in [7, 11) is 4.51. The van der Waals surface area contributed by atoms with Gasteiger partial charge in [0.15, 0.2) is 0 Å². The molecule has 0 saturated carbocycles. The Hall–Kier alpha value is -1.39. The fraction of sp³-hybridized carbons (Fsp3) is 0.667. The van der Waals surface area contributed by atoms with Crippen molar-refractivity contribution in [3.05, 3.63) is 35.9 Å². The van der Waals surface area contributed by atoms with Crippen molar-refractivity contribution in [3.8, 4) is 0 Å². The van der Waals surface area contributed by atoms with Crippen LogP contribution in [0, 0.1) is 0 Å². The van der Waals surface area contributed by atoms with E-state index in [1.807, 2.05) is 18.2 Å². The van der Waals surface area contributed by atoms with E-state index >= 15 is 0 Å². The molecule has 0 bridgehead atoms. The van der Waals surface area contributed by atoms with Gasteiger partial charge in [0.1, 0.15) is 13.2 Å². The van der Waals surface area contributed by atoms with Gasteiger partial charge in [0.2, 0.25) is 0 Å². The number of unbranched alkanes of at least 4 members (excludes halogenated alkanes) is 5. The SMILES string of the molecule is CCCCCCCC[N+](C)(C)CCOCCOC(=O)c1ccccc1. The zero-order valence-electron chi connectivity index (χ0n) is 16.3. The summed E-state index contributed by atoms with van der Waals surface area (Å²) in [5.74, 6) is -0.289. The number of ether oxygens (including phenoxy) is 2. The smallest absolute Gasteiger partial charge is 0.338 e. The molecule has 0 fully saturated rings. The molecule has 0 aromatic heterocycles. The van der Waals surface area contributed by atoms with Crippen molar-refractivity contribution in [1.29, 1.82) is 0 Å². The number of carbonyl (C=O) groups is 1. The average molecular weight is 351 g/mol. The molecular weight excluding hydrogens is 314 g/mol. The van der Waals surface area contributed by atoms with Gasteiger partial charge in [-0.15, -0.1) is 0 Å². The summed E-state index contributed by atoms with van der Waals surface area (Å²) in [4.78, 5) is 11.8. The highest BCUT2D eigenvalue weighted by Crippen LogP contribution is 2.08. The third-order valence-electron chi connectivity index (χ3n) is 4.43. The zero-order chi connectivity index (χ0) is 18.4. The number of quaternary nitrogens is 1. The highest BCUT2D eigenvalue weighted by molar-refractivity contribution is 5.89. The molecule has 0 heterocycles. The molecule has 25 heavy (non-hydrogen) atoms. The number of carbonyl (C=O) groups excluding carboxylic acids is 1. The van der Waals surface area contributed by atoms with Crippen molar-refractivity contribution >= 4 is 5.97 Å². The van der Waals surface area contributed by atoms with Crippen LogP contribution in [-0.4, -0.2) is 57.5 Å². The second-order valence-corrected chi connectivity index (χ2v) is 7.27. The van der Waals surface area contributed by atoms with Gasteiger partial charge in [0.05, 0.1) is 39.4 Å². The van der Waals surface area contributed by atoms with Gasteiger partial charge in [0, 0.05) is 0 Å². The normalized spacial score (nSPS) is 11.5. The summed E-state index contributed by atoms with van der Waals surface area (Å²) < 4.78 is 11.8. The first-order valence-corrected chi connectivity index (χ1v) is 9.67. The van der Waals surface area contributed by atoms with Crippen LogP contribution in [0.5, 0.6) is 0 Å². The topological polar surface area (TPSA) is 35.5 Å². The van der Waals surface area contributed by atoms with Crippen molar-refractivity contribution in [2.75, 3.05) is 47.0 Å². The maximum Gasteiger partial charge on any atom is 0.338 e. The minimum atomic E-state index is -0.289. The molecule has 0 radical (unpaired) electrons. The molecule has 4 nitrogen and oxygen atoms in total. The molecule has 0 aliphatic rings. The first-order valence-electron chi connectivity index (χ1n) is 9.67. The van der Waals surface area contributed by atoms with Gasteiger partial charge >= 0.3 is 5.97 Å². The van der Waals surface area contributed by atoms with E-state index < -0.39 is 0 Å². The van der Waals surface area contributed by atoms with E-state index in [0.29, 0.717) is 25.4 Å². The summed E-state index contributed by atoms with van der Waals surface area (Å²) in [5, 5.41) is 0. The molecule has 0 aliphatic heterocycles. The van der Waals surface area contributed by atoms with Gasteiger partial charge in [-0.1, -0.05) is 50.8 Å². The number of hydrogen-bond donors (Lipinski definition) is 0. The molecule has 1 rings (SSSR count). The third-order valence-corrected chi connectivity index (χ3v) is 4.43. The summed E-state index contributed by atoms with van der Waals surface area (Å²) in [5.41, 5.74) is 0.583. The largest absolute Gasteiger partial charge is 0.460 e. The molecule has 0 saturated heterocycles.